The molecule has 0 amide bonds. The molecule has 0 spiro atoms. The van der Waals surface area contributed by atoms with E-state index in [9.17, 15) is 0 Å². The van der Waals surface area contributed by atoms with Gasteiger partial charge in [0, 0.05) is 30.8 Å². The third-order valence-electron chi connectivity index (χ3n) is 2.01. The zero-order chi connectivity index (χ0) is 10.5. The van der Waals surface area contributed by atoms with Crippen LogP contribution in [0, 0.1) is 11.8 Å². The Labute approximate surface area is 88.8 Å². The Bertz CT molecular complexity index is 406. The van der Waals surface area contributed by atoms with Crippen LogP contribution in [0.3, 0.4) is 0 Å². The number of rotatable bonds is 1. The number of nitrogens with zero attached hydrogens (tertiary/aromatic N) is 1. The summed E-state index contributed by atoms with van der Waals surface area (Å²) in [6.45, 7) is 2.07. The first-order chi connectivity index (χ1) is 7.40. The first-order valence-corrected chi connectivity index (χ1v) is 4.96. The highest BCUT2D eigenvalue weighted by atomic mass is 16.5. The fourth-order valence-corrected chi connectivity index (χ4v) is 1.32. The maximum absolute atomic E-state index is 5.45. The van der Waals surface area contributed by atoms with Crippen LogP contribution in [0.15, 0.2) is 12.3 Å². The van der Waals surface area contributed by atoms with Gasteiger partial charge in [0.05, 0.1) is 6.54 Å². The molecule has 2 rings (SSSR count). The van der Waals surface area contributed by atoms with E-state index in [1.165, 1.54) is 0 Å². The molecule has 0 radical (unpaired) electrons. The van der Waals surface area contributed by atoms with Crippen molar-refractivity contribution in [3.63, 3.8) is 0 Å². The van der Waals surface area contributed by atoms with Crippen LogP contribution in [0.4, 0.5) is 5.82 Å². The van der Waals surface area contributed by atoms with Gasteiger partial charge in [0.1, 0.15) is 6.61 Å². The highest BCUT2D eigenvalue weighted by Crippen LogP contribution is 2.24. The van der Waals surface area contributed by atoms with Crippen molar-refractivity contribution in [1.82, 2.24) is 4.98 Å². The van der Waals surface area contributed by atoms with Gasteiger partial charge in [0.2, 0.25) is 0 Å². The van der Waals surface area contributed by atoms with Gasteiger partial charge in [-0.2, -0.15) is 0 Å². The van der Waals surface area contributed by atoms with E-state index in [1.54, 1.807) is 6.20 Å². The summed E-state index contributed by atoms with van der Waals surface area (Å²) in [6.07, 6.45) is 2.44. The van der Waals surface area contributed by atoms with E-state index in [0.29, 0.717) is 19.6 Å². The summed E-state index contributed by atoms with van der Waals surface area (Å²) in [5, 5.41) is 3.15. The first kappa shape index (κ1) is 9.81. The van der Waals surface area contributed by atoms with E-state index in [0.717, 1.165) is 23.7 Å². The van der Waals surface area contributed by atoms with Gasteiger partial charge in [-0.3, -0.25) is 0 Å². The monoisotopic (exact) mass is 203 g/mol. The average Bonchev–Trinajstić information content (AvgIpc) is 2.29. The first-order valence-electron chi connectivity index (χ1n) is 4.96. The zero-order valence-electron chi connectivity index (χ0n) is 8.42. The number of hydrogen-bond donors (Lipinski definition) is 2. The maximum atomic E-state index is 5.45. The van der Waals surface area contributed by atoms with Gasteiger partial charge in [-0.05, 0) is 0 Å². The SMILES string of the molecule is NCCC#Cc1cnc2c(c1)OCCN2. The van der Waals surface area contributed by atoms with E-state index in [1.807, 2.05) is 6.07 Å². The summed E-state index contributed by atoms with van der Waals surface area (Å²) >= 11 is 0. The standard InChI is InChI=1S/C11H13N3O/c12-4-2-1-3-9-7-10-11(14-8-9)13-5-6-15-10/h7-8H,2,4-6,12H2,(H,13,14). The molecule has 0 atom stereocenters. The number of ether oxygens (including phenoxy) is 1. The molecule has 0 aliphatic carbocycles. The van der Waals surface area contributed by atoms with Crippen molar-refractivity contribution in [3.8, 4) is 17.6 Å². The summed E-state index contributed by atoms with van der Waals surface area (Å²) in [5.41, 5.74) is 6.22. The van der Waals surface area contributed by atoms with Gasteiger partial charge in [-0.25, -0.2) is 4.98 Å². The van der Waals surface area contributed by atoms with Crippen molar-refractivity contribution in [3.05, 3.63) is 17.8 Å². The molecule has 1 aromatic rings. The van der Waals surface area contributed by atoms with Crippen LogP contribution in [0.2, 0.25) is 0 Å². The van der Waals surface area contributed by atoms with Gasteiger partial charge in [0.25, 0.3) is 0 Å². The molecule has 1 aliphatic heterocycles. The second-order valence-corrected chi connectivity index (χ2v) is 3.19. The maximum Gasteiger partial charge on any atom is 0.168 e. The van der Waals surface area contributed by atoms with Crippen molar-refractivity contribution >= 4 is 5.82 Å². The van der Waals surface area contributed by atoms with Crippen molar-refractivity contribution < 1.29 is 4.74 Å². The summed E-state index contributed by atoms with van der Waals surface area (Å²) in [4.78, 5) is 4.23. The minimum atomic E-state index is 0.587. The summed E-state index contributed by atoms with van der Waals surface area (Å²) in [5.74, 6) is 7.54. The predicted octanol–water partition coefficient (Wildman–Crippen LogP) is 0.586. The van der Waals surface area contributed by atoms with Crippen molar-refractivity contribution in [1.29, 1.82) is 0 Å². The van der Waals surface area contributed by atoms with Crippen LogP contribution in [0.25, 0.3) is 0 Å². The fraction of sp³-hybridized carbons (Fsp3) is 0.364. The predicted molar refractivity (Wildman–Crippen MR) is 58.8 cm³/mol. The van der Waals surface area contributed by atoms with Gasteiger partial charge < -0.3 is 15.8 Å². The highest BCUT2D eigenvalue weighted by Gasteiger charge is 2.10. The molecule has 0 aromatic carbocycles. The molecule has 0 saturated heterocycles. The normalized spacial score (nSPS) is 12.9. The molecule has 2 heterocycles. The Balaban J connectivity index is 2.18. The zero-order valence-corrected chi connectivity index (χ0v) is 8.42. The second-order valence-electron chi connectivity index (χ2n) is 3.19. The minimum Gasteiger partial charge on any atom is -0.488 e. The van der Waals surface area contributed by atoms with Gasteiger partial charge >= 0.3 is 0 Å². The molecule has 1 aromatic heterocycles. The van der Waals surface area contributed by atoms with Crippen LogP contribution in [0.5, 0.6) is 5.75 Å². The Morgan fingerprint density at radius 1 is 1.60 bits per heavy atom. The molecular weight excluding hydrogens is 190 g/mol. The largest absolute Gasteiger partial charge is 0.488 e. The Morgan fingerprint density at radius 3 is 3.40 bits per heavy atom. The third kappa shape index (κ3) is 2.39. The quantitative estimate of drug-likeness (QED) is 0.656. The van der Waals surface area contributed by atoms with Gasteiger partial charge in [-0.1, -0.05) is 11.8 Å². The van der Waals surface area contributed by atoms with Gasteiger partial charge in [0.15, 0.2) is 11.6 Å². The molecule has 78 valence electrons. The Kier molecular flexibility index (Phi) is 3.05. The number of aromatic nitrogens is 1. The lowest BCUT2D eigenvalue weighted by atomic mass is 10.2. The Morgan fingerprint density at radius 2 is 2.53 bits per heavy atom. The lowest BCUT2D eigenvalue weighted by molar-refractivity contribution is 0.321. The van der Waals surface area contributed by atoms with E-state index in [-0.39, 0.29) is 0 Å². The molecule has 3 N–H and O–H groups in total. The summed E-state index contributed by atoms with van der Waals surface area (Å²) in [7, 11) is 0. The minimum absolute atomic E-state index is 0.587. The smallest absolute Gasteiger partial charge is 0.168 e. The van der Waals surface area contributed by atoms with Crippen molar-refractivity contribution in [2.75, 3.05) is 25.0 Å². The number of pyridine rings is 1. The van der Waals surface area contributed by atoms with Crippen molar-refractivity contribution in [2.24, 2.45) is 5.73 Å². The molecule has 0 unspecified atom stereocenters. The fourth-order valence-electron chi connectivity index (χ4n) is 1.32. The van der Waals surface area contributed by atoms with Crippen LogP contribution >= 0.6 is 0 Å². The number of nitrogens with two attached hydrogens (primary N) is 1. The lowest BCUT2D eigenvalue weighted by Crippen LogP contribution is -2.19. The van der Waals surface area contributed by atoms with E-state index in [2.05, 4.69) is 22.1 Å². The van der Waals surface area contributed by atoms with Crippen LogP contribution in [-0.4, -0.2) is 24.7 Å². The topological polar surface area (TPSA) is 60.2 Å². The van der Waals surface area contributed by atoms with Crippen LogP contribution in [-0.2, 0) is 0 Å². The van der Waals surface area contributed by atoms with Crippen molar-refractivity contribution in [2.45, 2.75) is 6.42 Å². The molecule has 0 saturated carbocycles. The Hall–Kier alpha value is -1.73. The number of nitrogens with one attached hydrogen (secondary N) is 1. The highest BCUT2D eigenvalue weighted by molar-refractivity contribution is 5.54. The molecule has 0 fully saturated rings. The molecule has 0 bridgehead atoms. The van der Waals surface area contributed by atoms with E-state index >= 15 is 0 Å². The van der Waals surface area contributed by atoms with E-state index in [4.69, 9.17) is 10.5 Å². The lowest BCUT2D eigenvalue weighted by Gasteiger charge is -2.17. The van der Waals surface area contributed by atoms with E-state index < -0.39 is 0 Å². The molecular formula is C11H13N3O. The molecule has 1 aliphatic rings. The molecule has 15 heavy (non-hydrogen) atoms. The third-order valence-corrected chi connectivity index (χ3v) is 2.01. The van der Waals surface area contributed by atoms with Crippen LogP contribution < -0.4 is 15.8 Å². The molecule has 4 nitrogen and oxygen atoms in total. The number of hydrogen-bond acceptors (Lipinski definition) is 4. The van der Waals surface area contributed by atoms with Gasteiger partial charge in [-0.15, -0.1) is 0 Å². The second kappa shape index (κ2) is 4.67. The average molecular weight is 203 g/mol. The van der Waals surface area contributed by atoms with Crippen LogP contribution in [0.1, 0.15) is 12.0 Å². The molecule has 4 heteroatoms. The number of anilines is 1. The summed E-state index contributed by atoms with van der Waals surface area (Å²) in [6, 6.07) is 1.90. The summed E-state index contributed by atoms with van der Waals surface area (Å²) < 4.78 is 5.45. The number of fused-ring (bicyclic) bond motifs is 1.